The highest BCUT2D eigenvalue weighted by atomic mass is 16.3. The van der Waals surface area contributed by atoms with E-state index in [-0.39, 0.29) is 10.8 Å². The van der Waals surface area contributed by atoms with Crippen LogP contribution in [0.2, 0.25) is 0 Å². The van der Waals surface area contributed by atoms with E-state index in [1.807, 2.05) is 12.3 Å². The van der Waals surface area contributed by atoms with E-state index in [1.165, 1.54) is 5.56 Å². The summed E-state index contributed by atoms with van der Waals surface area (Å²) >= 11 is 0. The zero-order valence-corrected chi connectivity index (χ0v) is 14.6. The Balaban J connectivity index is 1.89. The van der Waals surface area contributed by atoms with Crippen LogP contribution < -0.4 is 0 Å². The van der Waals surface area contributed by atoms with Gasteiger partial charge in [-0.25, -0.2) is 0 Å². The molecule has 2 N–H and O–H groups in total. The molecule has 2 fully saturated rings. The Kier molecular flexibility index (Phi) is 4.22. The van der Waals surface area contributed by atoms with E-state index in [9.17, 15) is 10.2 Å². The maximum absolute atomic E-state index is 10.3. The lowest BCUT2D eigenvalue weighted by atomic mass is 9.45. The first kappa shape index (κ1) is 16.8. The zero-order chi connectivity index (χ0) is 16.8. The predicted molar refractivity (Wildman–Crippen MR) is 90.9 cm³/mol. The highest BCUT2D eigenvalue weighted by Gasteiger charge is 2.57. The van der Waals surface area contributed by atoms with Crippen molar-refractivity contribution in [1.82, 2.24) is 0 Å². The third-order valence-electron chi connectivity index (χ3n) is 7.25. The summed E-state index contributed by atoms with van der Waals surface area (Å²) in [6, 6.07) is 2.04. The van der Waals surface area contributed by atoms with Gasteiger partial charge in [-0.2, -0.15) is 0 Å². The molecule has 0 spiro atoms. The van der Waals surface area contributed by atoms with Crippen LogP contribution in [0, 0.1) is 22.7 Å². The lowest BCUT2D eigenvalue weighted by molar-refractivity contribution is -0.115. The SMILES string of the molecule is C=C1C(O)C(O)CC2C1(C)CCC(C)C2(C)CCc1ccoc1. The van der Waals surface area contributed by atoms with Gasteiger partial charge < -0.3 is 14.6 Å². The van der Waals surface area contributed by atoms with Gasteiger partial charge in [0.1, 0.15) is 6.10 Å². The number of aliphatic hydroxyl groups is 2. The maximum atomic E-state index is 10.3. The number of aliphatic hydroxyl groups excluding tert-OH is 2. The summed E-state index contributed by atoms with van der Waals surface area (Å²) in [6.07, 6.45) is 7.05. The minimum Gasteiger partial charge on any atom is -0.472 e. The molecular formula is C20H30O3. The fourth-order valence-corrected chi connectivity index (χ4v) is 5.21. The molecule has 0 amide bonds. The van der Waals surface area contributed by atoms with Crippen molar-refractivity contribution in [3.8, 4) is 0 Å². The van der Waals surface area contributed by atoms with Crippen molar-refractivity contribution >= 4 is 0 Å². The summed E-state index contributed by atoms with van der Waals surface area (Å²) < 4.78 is 5.20. The molecule has 1 heterocycles. The number of rotatable bonds is 3. The Bertz CT molecular complexity index is 563. The first-order valence-electron chi connectivity index (χ1n) is 8.85. The minimum atomic E-state index is -0.775. The Labute approximate surface area is 139 Å². The fraction of sp³-hybridized carbons (Fsp3) is 0.700. The highest BCUT2D eigenvalue weighted by molar-refractivity contribution is 5.25. The van der Waals surface area contributed by atoms with Gasteiger partial charge in [-0.3, -0.25) is 0 Å². The second-order valence-electron chi connectivity index (χ2n) is 8.32. The van der Waals surface area contributed by atoms with Gasteiger partial charge in [0.15, 0.2) is 0 Å². The third kappa shape index (κ3) is 2.58. The van der Waals surface area contributed by atoms with E-state index < -0.39 is 12.2 Å². The van der Waals surface area contributed by atoms with E-state index in [0.29, 0.717) is 18.3 Å². The van der Waals surface area contributed by atoms with Crippen LogP contribution in [0.25, 0.3) is 0 Å². The first-order valence-corrected chi connectivity index (χ1v) is 8.85. The minimum absolute atomic E-state index is 0.0731. The molecule has 3 nitrogen and oxygen atoms in total. The molecule has 1 aromatic heterocycles. The van der Waals surface area contributed by atoms with Gasteiger partial charge in [0.2, 0.25) is 0 Å². The molecular weight excluding hydrogens is 288 g/mol. The Morgan fingerprint density at radius 1 is 1.35 bits per heavy atom. The zero-order valence-electron chi connectivity index (χ0n) is 14.6. The number of aryl methyl sites for hydroxylation is 1. The first-order chi connectivity index (χ1) is 10.8. The van der Waals surface area contributed by atoms with Crippen LogP contribution in [0.15, 0.2) is 35.2 Å². The topological polar surface area (TPSA) is 53.6 Å². The van der Waals surface area contributed by atoms with Gasteiger partial charge in [0.25, 0.3) is 0 Å². The van der Waals surface area contributed by atoms with Gasteiger partial charge >= 0.3 is 0 Å². The monoisotopic (exact) mass is 318 g/mol. The predicted octanol–water partition coefficient (Wildman–Crippen LogP) is 3.95. The smallest absolute Gasteiger partial charge is 0.101 e. The van der Waals surface area contributed by atoms with Crippen molar-refractivity contribution in [1.29, 1.82) is 0 Å². The molecule has 3 rings (SSSR count). The van der Waals surface area contributed by atoms with Crippen molar-refractivity contribution in [3.05, 3.63) is 36.3 Å². The van der Waals surface area contributed by atoms with Crippen LogP contribution in [0.3, 0.4) is 0 Å². The Morgan fingerprint density at radius 3 is 2.74 bits per heavy atom. The molecule has 6 unspecified atom stereocenters. The van der Waals surface area contributed by atoms with Crippen LogP contribution in [-0.4, -0.2) is 22.4 Å². The van der Waals surface area contributed by atoms with Crippen LogP contribution in [0.1, 0.15) is 52.0 Å². The molecule has 128 valence electrons. The van der Waals surface area contributed by atoms with Gasteiger partial charge in [0, 0.05) is 0 Å². The van der Waals surface area contributed by atoms with Crippen LogP contribution in [-0.2, 0) is 6.42 Å². The van der Waals surface area contributed by atoms with Gasteiger partial charge in [0.05, 0.1) is 18.6 Å². The molecule has 0 bridgehead atoms. The summed E-state index contributed by atoms with van der Waals surface area (Å²) in [6.45, 7) is 11.1. The molecule has 0 aromatic carbocycles. The number of hydrogen-bond donors (Lipinski definition) is 2. The second-order valence-corrected chi connectivity index (χ2v) is 8.32. The van der Waals surface area contributed by atoms with Gasteiger partial charge in [-0.05, 0) is 72.0 Å². The van der Waals surface area contributed by atoms with Crippen molar-refractivity contribution < 1.29 is 14.6 Å². The van der Waals surface area contributed by atoms with Gasteiger partial charge in [-0.15, -0.1) is 0 Å². The molecule has 0 radical (unpaired) electrons. The quantitative estimate of drug-likeness (QED) is 0.830. The summed E-state index contributed by atoms with van der Waals surface area (Å²) in [5, 5.41) is 20.7. The van der Waals surface area contributed by atoms with Crippen LogP contribution in [0.4, 0.5) is 0 Å². The van der Waals surface area contributed by atoms with E-state index in [4.69, 9.17) is 4.42 Å². The summed E-state index contributed by atoms with van der Waals surface area (Å²) in [4.78, 5) is 0. The average Bonchev–Trinajstić information content (AvgIpc) is 3.04. The second kappa shape index (κ2) is 5.78. The molecule has 6 atom stereocenters. The fourth-order valence-electron chi connectivity index (χ4n) is 5.21. The lowest BCUT2D eigenvalue weighted by Gasteiger charge is -2.60. The molecule has 0 saturated heterocycles. The van der Waals surface area contributed by atoms with Crippen LogP contribution in [0.5, 0.6) is 0 Å². The van der Waals surface area contributed by atoms with Crippen molar-refractivity contribution in [2.75, 3.05) is 0 Å². The molecule has 2 aliphatic carbocycles. The molecule has 2 saturated carbocycles. The van der Waals surface area contributed by atoms with Crippen LogP contribution >= 0.6 is 0 Å². The highest BCUT2D eigenvalue weighted by Crippen LogP contribution is 2.62. The van der Waals surface area contributed by atoms with Crippen molar-refractivity contribution in [3.63, 3.8) is 0 Å². The molecule has 0 aliphatic heterocycles. The summed E-state index contributed by atoms with van der Waals surface area (Å²) in [7, 11) is 0. The number of hydrogen-bond acceptors (Lipinski definition) is 3. The average molecular weight is 318 g/mol. The Hall–Kier alpha value is -1.06. The molecule has 2 aliphatic rings. The largest absolute Gasteiger partial charge is 0.472 e. The van der Waals surface area contributed by atoms with Crippen molar-refractivity contribution in [2.45, 2.75) is 65.1 Å². The molecule has 3 heteroatoms. The standard InChI is InChI=1S/C20H30O3/c1-13-5-8-20(4)14(2)18(22)16(21)11-17(20)19(13,3)9-6-15-7-10-23-12-15/h7,10,12-13,16-18,21-22H,2,5-6,8-9,11H2,1,3-4H3. The Morgan fingerprint density at radius 2 is 2.09 bits per heavy atom. The third-order valence-corrected chi connectivity index (χ3v) is 7.25. The summed E-state index contributed by atoms with van der Waals surface area (Å²) in [5.74, 6) is 0.958. The summed E-state index contributed by atoms with van der Waals surface area (Å²) in [5.41, 5.74) is 2.13. The molecule has 1 aromatic rings. The van der Waals surface area contributed by atoms with E-state index in [2.05, 4.69) is 27.4 Å². The lowest BCUT2D eigenvalue weighted by Crippen LogP contribution is -2.56. The number of furan rings is 1. The van der Waals surface area contributed by atoms with E-state index in [1.54, 1.807) is 6.26 Å². The van der Waals surface area contributed by atoms with E-state index in [0.717, 1.165) is 31.3 Å². The maximum Gasteiger partial charge on any atom is 0.101 e. The number of fused-ring (bicyclic) bond motifs is 1. The van der Waals surface area contributed by atoms with Crippen molar-refractivity contribution in [2.24, 2.45) is 22.7 Å². The van der Waals surface area contributed by atoms with Gasteiger partial charge in [-0.1, -0.05) is 27.4 Å². The molecule has 23 heavy (non-hydrogen) atoms. The van der Waals surface area contributed by atoms with E-state index >= 15 is 0 Å². The normalized spacial score (nSPS) is 44.1.